The third-order valence-electron chi connectivity index (χ3n) is 5.07. The Labute approximate surface area is 176 Å². The minimum Gasteiger partial charge on any atom is -0.506 e. The summed E-state index contributed by atoms with van der Waals surface area (Å²) in [6.07, 6.45) is 6.41. The SMILES string of the molecule is O=C(O)CNC(=O)c1c(O)c(C(=O)Nc2cccnc2)c(=O)n(C2CCCCC2)c1O. The quantitative estimate of drug-likeness (QED) is 0.455. The number of hydrogen-bond donors (Lipinski definition) is 5. The lowest BCUT2D eigenvalue weighted by Gasteiger charge is -2.26. The van der Waals surface area contributed by atoms with Gasteiger partial charge in [0.15, 0.2) is 5.75 Å². The number of rotatable bonds is 6. The normalized spacial score (nSPS) is 14.1. The molecule has 0 atom stereocenters. The molecule has 2 aromatic rings. The van der Waals surface area contributed by atoms with E-state index in [0.29, 0.717) is 12.8 Å². The van der Waals surface area contributed by atoms with Crippen molar-refractivity contribution in [1.29, 1.82) is 0 Å². The van der Waals surface area contributed by atoms with Gasteiger partial charge in [0.1, 0.15) is 17.7 Å². The molecule has 1 saturated carbocycles. The zero-order chi connectivity index (χ0) is 22.5. The Hall–Kier alpha value is -3.89. The molecular formula is C20H22N4O7. The molecular weight excluding hydrogens is 408 g/mol. The fourth-order valence-corrected chi connectivity index (χ4v) is 3.64. The average molecular weight is 430 g/mol. The first-order chi connectivity index (χ1) is 14.8. The molecule has 0 aromatic carbocycles. The number of amides is 2. The van der Waals surface area contributed by atoms with Crippen LogP contribution in [-0.2, 0) is 4.79 Å². The number of aromatic hydroxyl groups is 2. The van der Waals surface area contributed by atoms with Gasteiger partial charge in [-0.15, -0.1) is 0 Å². The van der Waals surface area contributed by atoms with Crippen LogP contribution in [0.5, 0.6) is 11.6 Å². The van der Waals surface area contributed by atoms with E-state index in [1.165, 1.54) is 18.5 Å². The monoisotopic (exact) mass is 430 g/mol. The van der Waals surface area contributed by atoms with Gasteiger partial charge in [0.25, 0.3) is 17.4 Å². The van der Waals surface area contributed by atoms with Crippen LogP contribution in [-0.4, -0.2) is 49.2 Å². The van der Waals surface area contributed by atoms with Crippen molar-refractivity contribution < 1.29 is 29.7 Å². The fraction of sp³-hybridized carbons (Fsp3) is 0.350. The van der Waals surface area contributed by atoms with E-state index in [9.17, 15) is 29.4 Å². The molecule has 11 nitrogen and oxygen atoms in total. The van der Waals surface area contributed by atoms with E-state index in [-0.39, 0.29) is 5.69 Å². The minimum absolute atomic E-state index is 0.250. The molecule has 2 aromatic heterocycles. The molecule has 0 radical (unpaired) electrons. The maximum Gasteiger partial charge on any atom is 0.322 e. The predicted molar refractivity (Wildman–Crippen MR) is 108 cm³/mol. The molecule has 5 N–H and O–H groups in total. The second-order valence-electron chi connectivity index (χ2n) is 7.16. The molecule has 0 saturated heterocycles. The summed E-state index contributed by atoms with van der Waals surface area (Å²) in [6.45, 7) is -0.780. The number of carboxylic acid groups (broad SMARTS) is 1. The van der Waals surface area contributed by atoms with Crippen LogP contribution in [0, 0.1) is 0 Å². The van der Waals surface area contributed by atoms with Crippen molar-refractivity contribution in [3.63, 3.8) is 0 Å². The van der Waals surface area contributed by atoms with Crippen LogP contribution in [0.3, 0.4) is 0 Å². The average Bonchev–Trinajstić information content (AvgIpc) is 2.73. The van der Waals surface area contributed by atoms with Gasteiger partial charge in [-0.05, 0) is 25.0 Å². The zero-order valence-electron chi connectivity index (χ0n) is 16.5. The van der Waals surface area contributed by atoms with E-state index < -0.39 is 58.7 Å². The van der Waals surface area contributed by atoms with Crippen molar-refractivity contribution in [2.24, 2.45) is 0 Å². The molecule has 1 aliphatic rings. The Morgan fingerprint density at radius 3 is 2.42 bits per heavy atom. The second-order valence-corrected chi connectivity index (χ2v) is 7.16. The highest BCUT2D eigenvalue weighted by atomic mass is 16.4. The van der Waals surface area contributed by atoms with Gasteiger partial charge in [0, 0.05) is 12.2 Å². The van der Waals surface area contributed by atoms with Crippen LogP contribution in [0.2, 0.25) is 0 Å². The van der Waals surface area contributed by atoms with Crippen LogP contribution in [0.15, 0.2) is 29.3 Å². The lowest BCUT2D eigenvalue weighted by Crippen LogP contribution is -2.36. The van der Waals surface area contributed by atoms with Crippen LogP contribution < -0.4 is 16.2 Å². The maximum atomic E-state index is 13.1. The van der Waals surface area contributed by atoms with Gasteiger partial charge < -0.3 is 26.0 Å². The number of carbonyl (C=O) groups is 3. The molecule has 0 bridgehead atoms. The number of anilines is 1. The van der Waals surface area contributed by atoms with Crippen molar-refractivity contribution >= 4 is 23.5 Å². The van der Waals surface area contributed by atoms with Gasteiger partial charge in [-0.25, -0.2) is 0 Å². The van der Waals surface area contributed by atoms with E-state index in [1.807, 2.05) is 5.32 Å². The molecule has 11 heteroatoms. The summed E-state index contributed by atoms with van der Waals surface area (Å²) >= 11 is 0. The van der Waals surface area contributed by atoms with Crippen molar-refractivity contribution in [2.45, 2.75) is 38.1 Å². The first-order valence-electron chi connectivity index (χ1n) is 9.73. The Kier molecular flexibility index (Phi) is 6.53. The van der Waals surface area contributed by atoms with Crippen LogP contribution in [0.25, 0.3) is 0 Å². The Bertz CT molecular complexity index is 1060. The van der Waals surface area contributed by atoms with Crippen molar-refractivity contribution in [3.8, 4) is 11.6 Å². The molecule has 2 heterocycles. The molecule has 3 rings (SSSR count). The highest BCUT2D eigenvalue weighted by molar-refractivity contribution is 6.09. The van der Waals surface area contributed by atoms with Gasteiger partial charge in [0.2, 0.25) is 5.88 Å². The molecule has 164 valence electrons. The van der Waals surface area contributed by atoms with Gasteiger partial charge in [0.05, 0.1) is 11.9 Å². The summed E-state index contributed by atoms with van der Waals surface area (Å²) in [5.41, 5.74) is -2.16. The smallest absolute Gasteiger partial charge is 0.322 e. The molecule has 0 spiro atoms. The van der Waals surface area contributed by atoms with E-state index in [1.54, 1.807) is 6.07 Å². The second kappa shape index (κ2) is 9.28. The third kappa shape index (κ3) is 4.65. The van der Waals surface area contributed by atoms with E-state index >= 15 is 0 Å². The Morgan fingerprint density at radius 1 is 1.10 bits per heavy atom. The zero-order valence-corrected chi connectivity index (χ0v) is 16.5. The van der Waals surface area contributed by atoms with Crippen molar-refractivity contribution in [2.75, 3.05) is 11.9 Å². The van der Waals surface area contributed by atoms with Crippen molar-refractivity contribution in [3.05, 3.63) is 46.0 Å². The van der Waals surface area contributed by atoms with Crippen molar-refractivity contribution in [1.82, 2.24) is 14.9 Å². The van der Waals surface area contributed by atoms with Gasteiger partial charge in [-0.3, -0.25) is 28.7 Å². The molecule has 1 aliphatic carbocycles. The lowest BCUT2D eigenvalue weighted by atomic mass is 9.94. The molecule has 31 heavy (non-hydrogen) atoms. The predicted octanol–water partition coefficient (Wildman–Crippen LogP) is 1.23. The first-order valence-corrected chi connectivity index (χ1v) is 9.73. The largest absolute Gasteiger partial charge is 0.506 e. The maximum absolute atomic E-state index is 13.1. The molecule has 2 amide bonds. The van der Waals surface area contributed by atoms with Crippen LogP contribution >= 0.6 is 0 Å². The summed E-state index contributed by atoms with van der Waals surface area (Å²) in [5.74, 6) is -5.30. The van der Waals surface area contributed by atoms with E-state index in [4.69, 9.17) is 5.11 Å². The highest BCUT2D eigenvalue weighted by Crippen LogP contribution is 2.35. The first kappa shape index (κ1) is 21.8. The summed E-state index contributed by atoms with van der Waals surface area (Å²) in [7, 11) is 0. The fourth-order valence-electron chi connectivity index (χ4n) is 3.64. The summed E-state index contributed by atoms with van der Waals surface area (Å²) in [5, 5.41) is 34.5. The minimum atomic E-state index is -1.34. The van der Waals surface area contributed by atoms with Crippen LogP contribution in [0.4, 0.5) is 5.69 Å². The lowest BCUT2D eigenvalue weighted by molar-refractivity contribution is -0.135. The van der Waals surface area contributed by atoms with E-state index in [0.717, 1.165) is 23.8 Å². The number of carboxylic acids is 1. The number of hydrogen-bond acceptors (Lipinski definition) is 7. The number of pyridine rings is 2. The Morgan fingerprint density at radius 2 is 1.81 bits per heavy atom. The summed E-state index contributed by atoms with van der Waals surface area (Å²) in [4.78, 5) is 53.1. The number of carbonyl (C=O) groups excluding carboxylic acids is 2. The molecule has 0 aliphatic heterocycles. The molecule has 1 fully saturated rings. The number of nitrogens with one attached hydrogen (secondary N) is 2. The van der Waals surface area contributed by atoms with E-state index in [2.05, 4.69) is 10.3 Å². The topological polar surface area (TPSA) is 171 Å². The Balaban J connectivity index is 2.12. The van der Waals surface area contributed by atoms with Gasteiger partial charge in [-0.1, -0.05) is 19.3 Å². The van der Waals surface area contributed by atoms with Gasteiger partial charge >= 0.3 is 5.97 Å². The summed E-state index contributed by atoms with van der Waals surface area (Å²) in [6, 6.07) is 2.60. The highest BCUT2D eigenvalue weighted by Gasteiger charge is 2.32. The standard InChI is InChI=1S/C20H22N4O7/c25-13(26)10-22-17(28)14-16(27)15(18(29)23-11-5-4-8-21-9-11)20(31)24(19(14)30)12-6-2-1-3-7-12/h4-5,8-9,12,27,30H,1-3,6-7,10H2,(H,22,28)(H,23,29)(H,25,26). The number of aliphatic carboxylic acids is 1. The summed E-state index contributed by atoms with van der Waals surface area (Å²) < 4.78 is 0.937. The third-order valence-corrected chi connectivity index (χ3v) is 5.07. The number of nitrogens with zero attached hydrogens (tertiary/aromatic N) is 2. The van der Waals surface area contributed by atoms with Gasteiger partial charge in [-0.2, -0.15) is 0 Å². The van der Waals surface area contributed by atoms with Crippen LogP contribution in [0.1, 0.15) is 58.9 Å². The molecule has 0 unspecified atom stereocenters. The number of aromatic nitrogens is 2.